The lowest BCUT2D eigenvalue weighted by atomic mass is 10.3. The van der Waals surface area contributed by atoms with Crippen LogP contribution in [0.15, 0.2) is 10.3 Å². The molecule has 1 aromatic heterocycles. The molecule has 0 bridgehead atoms. The van der Waals surface area contributed by atoms with Gasteiger partial charge in [0.25, 0.3) is 0 Å². The van der Waals surface area contributed by atoms with Gasteiger partial charge in [-0.3, -0.25) is 0 Å². The Hall–Kier alpha value is -0.470. The first-order chi connectivity index (χ1) is 8.80. The first kappa shape index (κ1) is 16.6. The van der Waals surface area contributed by atoms with Crippen molar-refractivity contribution < 1.29 is 8.42 Å². The number of thiophene rings is 1. The minimum atomic E-state index is -3.40. The number of nitrogens with one attached hydrogen (secondary N) is 1. The fraction of sp³-hybridized carbons (Fsp3) is 0.667. The van der Waals surface area contributed by atoms with Crippen molar-refractivity contribution in [3.8, 4) is 0 Å². The molecule has 1 aromatic rings. The van der Waals surface area contributed by atoms with Crippen LogP contribution in [-0.4, -0.2) is 58.9 Å². The molecule has 0 saturated carbocycles. The van der Waals surface area contributed by atoms with Crippen molar-refractivity contribution in [3.63, 3.8) is 0 Å². The Labute approximate surface area is 120 Å². The molecule has 0 unspecified atom stereocenters. The Balaban J connectivity index is 3.02. The summed E-state index contributed by atoms with van der Waals surface area (Å²) in [7, 11) is 3.93. The summed E-state index contributed by atoms with van der Waals surface area (Å²) in [5.41, 5.74) is 0.826. The minimum Gasteiger partial charge on any atom is -0.315 e. The molecule has 0 amide bonds. The topological polar surface area (TPSA) is 52.7 Å². The number of aryl methyl sites for hydroxylation is 1. The van der Waals surface area contributed by atoms with Gasteiger partial charge in [-0.15, -0.1) is 11.3 Å². The highest BCUT2D eigenvalue weighted by Crippen LogP contribution is 2.28. The van der Waals surface area contributed by atoms with E-state index in [4.69, 9.17) is 0 Å². The summed E-state index contributed by atoms with van der Waals surface area (Å²) in [5, 5.41) is 4.92. The molecule has 1 rings (SSSR count). The first-order valence-corrected chi connectivity index (χ1v) is 8.45. The molecule has 19 heavy (non-hydrogen) atoms. The Kier molecular flexibility index (Phi) is 5.94. The van der Waals surface area contributed by atoms with Gasteiger partial charge in [0.05, 0.1) is 0 Å². The summed E-state index contributed by atoms with van der Waals surface area (Å²) in [5.74, 6) is 0. The van der Waals surface area contributed by atoms with E-state index in [0.29, 0.717) is 24.5 Å². The molecule has 0 atom stereocenters. The fourth-order valence-electron chi connectivity index (χ4n) is 1.73. The third-order valence-electron chi connectivity index (χ3n) is 2.86. The van der Waals surface area contributed by atoms with E-state index in [-0.39, 0.29) is 0 Å². The molecule has 0 aliphatic rings. The summed E-state index contributed by atoms with van der Waals surface area (Å²) >= 11 is 1.49. The van der Waals surface area contributed by atoms with Crippen molar-refractivity contribution in [2.75, 3.05) is 41.3 Å². The average Bonchev–Trinajstić information content (AvgIpc) is 2.68. The van der Waals surface area contributed by atoms with Crippen LogP contribution in [0.2, 0.25) is 0 Å². The van der Waals surface area contributed by atoms with Gasteiger partial charge in [-0.2, -0.15) is 4.31 Å². The van der Waals surface area contributed by atoms with Crippen LogP contribution in [0.1, 0.15) is 10.4 Å². The third kappa shape index (κ3) is 4.00. The second-order valence-corrected chi connectivity index (χ2v) is 7.78. The summed E-state index contributed by atoms with van der Waals surface area (Å²) in [6.45, 7) is 3.63. The zero-order chi connectivity index (χ0) is 14.6. The van der Waals surface area contributed by atoms with Gasteiger partial charge in [0.2, 0.25) is 10.0 Å². The minimum absolute atomic E-state index is 0.466. The second kappa shape index (κ2) is 6.81. The van der Waals surface area contributed by atoms with Crippen molar-refractivity contribution in [1.29, 1.82) is 0 Å². The van der Waals surface area contributed by atoms with Gasteiger partial charge in [-0.1, -0.05) is 0 Å². The van der Waals surface area contributed by atoms with Crippen LogP contribution in [0.25, 0.3) is 0 Å². The molecule has 5 nitrogen and oxygen atoms in total. The molecule has 0 radical (unpaired) electrons. The average molecular weight is 305 g/mol. The highest BCUT2D eigenvalue weighted by atomic mass is 32.2. The standard InChI is InChI=1S/C12H23N3O2S2/c1-10-9-18-11(8-13-2)12(10)19(16,17)15(5)7-6-14(3)4/h9,13H,6-8H2,1-5H3. The molecular weight excluding hydrogens is 282 g/mol. The lowest BCUT2D eigenvalue weighted by molar-refractivity contribution is 0.358. The predicted molar refractivity (Wildman–Crippen MR) is 80.2 cm³/mol. The van der Waals surface area contributed by atoms with Gasteiger partial charge in [-0.25, -0.2) is 8.42 Å². The molecule has 0 spiro atoms. The molecule has 0 aliphatic carbocycles. The molecule has 0 saturated heterocycles. The number of rotatable bonds is 7. The highest BCUT2D eigenvalue weighted by molar-refractivity contribution is 7.89. The molecule has 0 aliphatic heterocycles. The smallest absolute Gasteiger partial charge is 0.244 e. The fourth-order valence-corrected chi connectivity index (χ4v) is 4.66. The van der Waals surface area contributed by atoms with E-state index in [1.165, 1.54) is 15.6 Å². The van der Waals surface area contributed by atoms with Gasteiger partial charge in [0, 0.05) is 31.6 Å². The first-order valence-electron chi connectivity index (χ1n) is 6.13. The van der Waals surface area contributed by atoms with Crippen molar-refractivity contribution in [2.24, 2.45) is 0 Å². The SMILES string of the molecule is CNCc1scc(C)c1S(=O)(=O)N(C)CCN(C)C. The molecule has 110 valence electrons. The van der Waals surface area contributed by atoms with E-state index in [1.807, 2.05) is 38.3 Å². The van der Waals surface area contributed by atoms with E-state index >= 15 is 0 Å². The zero-order valence-corrected chi connectivity index (χ0v) is 13.9. The number of hydrogen-bond acceptors (Lipinski definition) is 5. The van der Waals surface area contributed by atoms with Gasteiger partial charge in [0.1, 0.15) is 4.90 Å². The zero-order valence-electron chi connectivity index (χ0n) is 12.2. The van der Waals surface area contributed by atoms with E-state index in [1.54, 1.807) is 7.05 Å². The van der Waals surface area contributed by atoms with Crippen LogP contribution in [-0.2, 0) is 16.6 Å². The van der Waals surface area contributed by atoms with Crippen LogP contribution in [0.5, 0.6) is 0 Å². The summed E-state index contributed by atoms with van der Waals surface area (Å²) < 4.78 is 26.6. The van der Waals surface area contributed by atoms with Crippen LogP contribution < -0.4 is 5.32 Å². The summed E-state index contributed by atoms with van der Waals surface area (Å²) in [6, 6.07) is 0. The molecule has 0 aromatic carbocycles. The van der Waals surface area contributed by atoms with Crippen molar-refractivity contribution >= 4 is 21.4 Å². The van der Waals surface area contributed by atoms with E-state index < -0.39 is 10.0 Å². The van der Waals surface area contributed by atoms with E-state index in [9.17, 15) is 8.42 Å². The summed E-state index contributed by atoms with van der Waals surface area (Å²) in [6.07, 6.45) is 0. The van der Waals surface area contributed by atoms with Crippen LogP contribution >= 0.6 is 11.3 Å². The Morgan fingerprint density at radius 2 is 1.89 bits per heavy atom. The van der Waals surface area contributed by atoms with Gasteiger partial charge in [-0.05, 0) is 39.0 Å². The molecular formula is C12H23N3O2S2. The van der Waals surface area contributed by atoms with Gasteiger partial charge < -0.3 is 10.2 Å². The van der Waals surface area contributed by atoms with Gasteiger partial charge >= 0.3 is 0 Å². The van der Waals surface area contributed by atoms with E-state index in [0.717, 1.165) is 10.4 Å². The van der Waals surface area contributed by atoms with E-state index in [2.05, 4.69) is 5.32 Å². The third-order valence-corrected chi connectivity index (χ3v) is 6.18. The molecule has 0 fully saturated rings. The van der Waals surface area contributed by atoms with Crippen molar-refractivity contribution in [1.82, 2.24) is 14.5 Å². The monoisotopic (exact) mass is 305 g/mol. The number of hydrogen-bond donors (Lipinski definition) is 1. The predicted octanol–water partition coefficient (Wildman–Crippen LogP) is 0.958. The maximum atomic E-state index is 12.6. The largest absolute Gasteiger partial charge is 0.315 e. The lowest BCUT2D eigenvalue weighted by Gasteiger charge is -2.20. The maximum Gasteiger partial charge on any atom is 0.244 e. The number of likely N-dealkylation sites (N-methyl/N-ethyl adjacent to an activating group) is 2. The maximum absolute atomic E-state index is 12.6. The molecule has 1 N–H and O–H groups in total. The van der Waals surface area contributed by atoms with Gasteiger partial charge in [0.15, 0.2) is 0 Å². The van der Waals surface area contributed by atoms with Crippen LogP contribution in [0.3, 0.4) is 0 Å². The Morgan fingerprint density at radius 3 is 2.42 bits per heavy atom. The normalized spacial score (nSPS) is 12.6. The number of nitrogens with zero attached hydrogens (tertiary/aromatic N) is 2. The van der Waals surface area contributed by atoms with Crippen molar-refractivity contribution in [3.05, 3.63) is 15.8 Å². The van der Waals surface area contributed by atoms with Crippen molar-refractivity contribution in [2.45, 2.75) is 18.4 Å². The Morgan fingerprint density at radius 1 is 1.26 bits per heavy atom. The quantitative estimate of drug-likeness (QED) is 0.815. The highest BCUT2D eigenvalue weighted by Gasteiger charge is 2.26. The van der Waals surface area contributed by atoms with Crippen LogP contribution in [0.4, 0.5) is 0 Å². The lowest BCUT2D eigenvalue weighted by Crippen LogP contribution is -2.34. The molecule has 1 heterocycles. The number of sulfonamides is 1. The molecule has 7 heteroatoms. The Bertz CT molecular complexity index is 509. The summed E-state index contributed by atoms with van der Waals surface area (Å²) in [4.78, 5) is 3.31. The second-order valence-electron chi connectivity index (χ2n) is 4.83. The van der Waals surface area contributed by atoms with Crippen LogP contribution in [0, 0.1) is 6.92 Å².